The summed E-state index contributed by atoms with van der Waals surface area (Å²) in [7, 11) is 7.19. The Morgan fingerprint density at radius 2 is 1.89 bits per heavy atom. The molecule has 3 N–H and O–H groups in total. The molecular formula is C32H41Cl2N7O4. The van der Waals surface area contributed by atoms with E-state index in [0.717, 1.165) is 56.4 Å². The van der Waals surface area contributed by atoms with Crippen LogP contribution in [0.2, 0.25) is 10.0 Å². The molecule has 2 aliphatic rings. The molecule has 3 aromatic rings. The predicted octanol–water partition coefficient (Wildman–Crippen LogP) is 4.54. The van der Waals surface area contributed by atoms with Gasteiger partial charge in [0.15, 0.2) is 0 Å². The maximum absolute atomic E-state index is 12.3. The second-order valence-corrected chi connectivity index (χ2v) is 12.3. The van der Waals surface area contributed by atoms with Crippen LogP contribution in [0.4, 0.5) is 11.6 Å². The highest BCUT2D eigenvalue weighted by atomic mass is 35.5. The lowest BCUT2D eigenvalue weighted by atomic mass is 10.1. The van der Waals surface area contributed by atoms with Crippen LogP contribution in [-0.4, -0.2) is 112 Å². The van der Waals surface area contributed by atoms with Crippen molar-refractivity contribution in [2.24, 2.45) is 0 Å². The van der Waals surface area contributed by atoms with Gasteiger partial charge in [-0.1, -0.05) is 29.8 Å². The van der Waals surface area contributed by atoms with E-state index >= 15 is 0 Å². The van der Waals surface area contributed by atoms with E-state index in [1.54, 1.807) is 26.5 Å². The number of likely N-dealkylation sites (tertiary alicyclic amines) is 1. The molecule has 5 rings (SSSR count). The van der Waals surface area contributed by atoms with Crippen molar-refractivity contribution in [2.75, 3.05) is 78.3 Å². The van der Waals surface area contributed by atoms with Gasteiger partial charge in [0.1, 0.15) is 23.1 Å². The monoisotopic (exact) mass is 657 g/mol. The third-order valence-corrected chi connectivity index (χ3v) is 8.92. The molecule has 2 aromatic heterocycles. The van der Waals surface area contributed by atoms with Crippen LogP contribution in [0.3, 0.4) is 0 Å². The summed E-state index contributed by atoms with van der Waals surface area (Å²) in [5.74, 6) is 1.98. The molecule has 2 saturated heterocycles. The molecule has 1 aromatic carbocycles. The number of ether oxygens (including phenoxy) is 3. The predicted molar refractivity (Wildman–Crippen MR) is 180 cm³/mol. The van der Waals surface area contributed by atoms with Gasteiger partial charge in [0.2, 0.25) is 5.91 Å². The lowest BCUT2D eigenvalue weighted by molar-refractivity contribution is -0.117. The van der Waals surface area contributed by atoms with E-state index in [0.29, 0.717) is 51.0 Å². The van der Waals surface area contributed by atoms with Crippen molar-refractivity contribution in [1.82, 2.24) is 25.1 Å². The van der Waals surface area contributed by atoms with Crippen LogP contribution in [0, 0.1) is 0 Å². The van der Waals surface area contributed by atoms with Gasteiger partial charge < -0.3 is 35.1 Å². The molecule has 1 unspecified atom stereocenters. The first kappa shape index (κ1) is 33.0. The van der Waals surface area contributed by atoms with E-state index in [9.17, 15) is 4.79 Å². The highest BCUT2D eigenvalue weighted by Gasteiger charge is 2.33. The first-order chi connectivity index (χ1) is 21.7. The summed E-state index contributed by atoms with van der Waals surface area (Å²) >= 11 is 13.6. The molecular weight excluding hydrogens is 617 g/mol. The smallest absolute Gasteiger partial charge is 0.243 e. The number of methoxy groups -OCH3 is 2. The van der Waals surface area contributed by atoms with Crippen molar-refractivity contribution in [3.05, 3.63) is 47.1 Å². The number of halogens is 2. The van der Waals surface area contributed by atoms with Gasteiger partial charge in [-0.25, -0.2) is 9.97 Å². The molecule has 13 heteroatoms. The summed E-state index contributed by atoms with van der Waals surface area (Å²) in [5, 5.41) is 12.5. The number of likely N-dealkylation sites (N-methyl/N-ethyl adjacent to an activating group) is 1. The fourth-order valence-corrected chi connectivity index (χ4v) is 6.44. The Balaban J connectivity index is 1.51. The number of carbonyl (C=O) groups is 1. The molecule has 0 aliphatic carbocycles. The van der Waals surface area contributed by atoms with Gasteiger partial charge in [0, 0.05) is 67.9 Å². The Bertz CT molecular complexity index is 1510. The zero-order valence-electron chi connectivity index (χ0n) is 26.2. The fourth-order valence-electron chi connectivity index (χ4n) is 5.75. The molecule has 45 heavy (non-hydrogen) atoms. The maximum Gasteiger partial charge on any atom is 0.243 e. The molecule has 0 radical (unpaired) electrons. The average molecular weight is 659 g/mol. The first-order valence-electron chi connectivity index (χ1n) is 15.0. The standard InChI is InChI=1S/C32H41Cl2N7O4/c1-6-28(42)38-24-18-41(10-9-40(2)3)17-23(24)37-27-13-21-19(15-35-27)12-22(39-32(21)36-16-20-8-7-11-45-20)29-30(33)25(43-4)14-26(44-5)31(29)34/h6,12-15,20,23-24H,1,7-11,16-18H2,2-5H3,(H,35,37)(H,36,39)(H,38,42)/t20?,23-,24+/m1/s1. The Hall–Kier alpha value is -3.35. The van der Waals surface area contributed by atoms with Gasteiger partial charge in [0.05, 0.1) is 48.1 Å². The summed E-state index contributed by atoms with van der Waals surface area (Å²) < 4.78 is 16.9. The topological polar surface area (TPSA) is 113 Å². The Morgan fingerprint density at radius 1 is 1.16 bits per heavy atom. The van der Waals surface area contributed by atoms with Crippen LogP contribution < -0.4 is 25.4 Å². The number of aromatic nitrogens is 2. The summed E-state index contributed by atoms with van der Waals surface area (Å²) in [4.78, 5) is 26.5. The molecule has 4 heterocycles. The molecule has 11 nitrogen and oxygen atoms in total. The Morgan fingerprint density at radius 3 is 2.53 bits per heavy atom. The van der Waals surface area contributed by atoms with Crippen molar-refractivity contribution >= 4 is 51.5 Å². The van der Waals surface area contributed by atoms with Crippen molar-refractivity contribution < 1.29 is 19.0 Å². The van der Waals surface area contributed by atoms with Gasteiger partial charge in [-0.3, -0.25) is 9.69 Å². The number of hydrogen-bond acceptors (Lipinski definition) is 10. The SMILES string of the molecule is C=CC(=O)N[C@H]1CN(CCN(C)C)C[C@H]1Nc1cc2c(NCC3CCCO3)nc(-c3c(Cl)c(OC)cc(OC)c3Cl)cc2cn1. The van der Waals surface area contributed by atoms with Crippen LogP contribution in [0.25, 0.3) is 22.0 Å². The number of anilines is 2. The highest BCUT2D eigenvalue weighted by molar-refractivity contribution is 6.41. The van der Waals surface area contributed by atoms with Gasteiger partial charge in [-0.05, 0) is 45.1 Å². The van der Waals surface area contributed by atoms with Crippen molar-refractivity contribution in [3.8, 4) is 22.8 Å². The number of amides is 1. The molecule has 2 fully saturated rings. The summed E-state index contributed by atoms with van der Waals surface area (Å²) in [6, 6.07) is 5.37. The summed E-state index contributed by atoms with van der Waals surface area (Å²) in [6.45, 7) is 8.26. The average Bonchev–Trinajstić information content (AvgIpc) is 3.69. The van der Waals surface area contributed by atoms with Gasteiger partial charge in [-0.15, -0.1) is 0 Å². The van der Waals surface area contributed by atoms with Crippen molar-refractivity contribution in [3.63, 3.8) is 0 Å². The largest absolute Gasteiger partial charge is 0.495 e. The van der Waals surface area contributed by atoms with Crippen LogP contribution >= 0.6 is 23.2 Å². The summed E-state index contributed by atoms with van der Waals surface area (Å²) in [5.41, 5.74) is 1.05. The second kappa shape index (κ2) is 14.8. The number of nitrogens with zero attached hydrogens (tertiary/aromatic N) is 4. The fraction of sp³-hybridized carbons (Fsp3) is 0.469. The number of carbonyl (C=O) groups excluding carboxylic acids is 1. The Labute approximate surface area is 274 Å². The third kappa shape index (κ3) is 7.73. The zero-order chi connectivity index (χ0) is 32.1. The van der Waals surface area contributed by atoms with Crippen LogP contribution in [0.5, 0.6) is 11.5 Å². The van der Waals surface area contributed by atoms with Crippen LogP contribution in [0.15, 0.2) is 37.1 Å². The third-order valence-electron chi connectivity index (χ3n) is 8.17. The molecule has 2 aliphatic heterocycles. The van der Waals surface area contributed by atoms with Crippen LogP contribution in [0.1, 0.15) is 12.8 Å². The molecule has 0 saturated carbocycles. The lowest BCUT2D eigenvalue weighted by Gasteiger charge is -2.22. The Kier molecular flexibility index (Phi) is 10.9. The number of fused-ring (bicyclic) bond motifs is 1. The minimum absolute atomic E-state index is 0.0570. The number of rotatable bonds is 13. The molecule has 242 valence electrons. The normalized spacial score (nSPS) is 20.0. The van der Waals surface area contributed by atoms with E-state index in [1.807, 2.05) is 12.1 Å². The quantitative estimate of drug-likeness (QED) is 0.227. The first-order valence-corrected chi connectivity index (χ1v) is 15.8. The van der Waals surface area contributed by atoms with Crippen molar-refractivity contribution in [1.29, 1.82) is 0 Å². The minimum Gasteiger partial charge on any atom is -0.495 e. The van der Waals surface area contributed by atoms with Gasteiger partial charge >= 0.3 is 0 Å². The lowest BCUT2D eigenvalue weighted by Crippen LogP contribution is -2.45. The number of nitrogens with one attached hydrogen (secondary N) is 3. The van der Waals surface area contributed by atoms with Crippen LogP contribution in [-0.2, 0) is 9.53 Å². The van der Waals surface area contributed by atoms with Crippen molar-refractivity contribution in [2.45, 2.75) is 31.0 Å². The number of benzene rings is 1. The molecule has 0 spiro atoms. The molecule has 0 bridgehead atoms. The van der Waals surface area contributed by atoms with E-state index in [4.69, 9.17) is 47.4 Å². The van der Waals surface area contributed by atoms with E-state index in [1.165, 1.54) is 6.08 Å². The molecule has 3 atom stereocenters. The second-order valence-electron chi connectivity index (χ2n) is 11.6. The summed E-state index contributed by atoms with van der Waals surface area (Å²) in [6.07, 6.45) is 5.21. The van der Waals surface area contributed by atoms with E-state index in [-0.39, 0.29) is 24.1 Å². The maximum atomic E-state index is 12.3. The minimum atomic E-state index is -0.198. The number of hydrogen-bond donors (Lipinski definition) is 3. The highest BCUT2D eigenvalue weighted by Crippen LogP contribution is 2.46. The van der Waals surface area contributed by atoms with Gasteiger partial charge in [-0.2, -0.15) is 0 Å². The number of pyridine rings is 2. The van der Waals surface area contributed by atoms with E-state index in [2.05, 4.69) is 46.4 Å². The van der Waals surface area contributed by atoms with Gasteiger partial charge in [0.25, 0.3) is 0 Å². The van der Waals surface area contributed by atoms with E-state index < -0.39 is 0 Å². The molecule has 1 amide bonds. The zero-order valence-corrected chi connectivity index (χ0v) is 27.7.